The number of ether oxygens (including phenoxy) is 1. The van der Waals surface area contributed by atoms with Crippen molar-refractivity contribution in [3.8, 4) is 11.1 Å². The highest BCUT2D eigenvalue weighted by atomic mass is 16.5. The third-order valence-corrected chi connectivity index (χ3v) is 5.01. The van der Waals surface area contributed by atoms with E-state index in [1.807, 2.05) is 48.2 Å². The second-order valence-corrected chi connectivity index (χ2v) is 6.81. The first-order valence-electron chi connectivity index (χ1n) is 9.24. The van der Waals surface area contributed by atoms with E-state index in [1.165, 1.54) is 0 Å². The fourth-order valence-electron chi connectivity index (χ4n) is 3.56. The van der Waals surface area contributed by atoms with Crippen molar-refractivity contribution in [2.45, 2.75) is 31.9 Å². The molecule has 0 aliphatic heterocycles. The lowest BCUT2D eigenvalue weighted by Crippen LogP contribution is -2.41. The van der Waals surface area contributed by atoms with Crippen molar-refractivity contribution >= 4 is 22.5 Å². The van der Waals surface area contributed by atoms with E-state index in [4.69, 9.17) is 4.74 Å². The molecule has 0 saturated heterocycles. The van der Waals surface area contributed by atoms with Crippen LogP contribution in [0.15, 0.2) is 49.1 Å². The van der Waals surface area contributed by atoms with E-state index < -0.39 is 0 Å². The lowest BCUT2D eigenvalue weighted by atomic mass is 9.89. The Hall–Kier alpha value is -3.06. The summed E-state index contributed by atoms with van der Waals surface area (Å²) in [6.07, 6.45) is 9.78. The normalized spacial score (nSPS) is 19.3. The molecule has 7 nitrogen and oxygen atoms in total. The molecule has 4 aromatic rings. The molecule has 0 unspecified atom stereocenters. The summed E-state index contributed by atoms with van der Waals surface area (Å²) in [5.74, 6) is 0.644. The second-order valence-electron chi connectivity index (χ2n) is 6.81. The molecule has 136 valence electrons. The summed E-state index contributed by atoms with van der Waals surface area (Å²) in [7, 11) is 0. The number of aromatic nitrogens is 5. The molecule has 4 aromatic heterocycles. The van der Waals surface area contributed by atoms with Crippen molar-refractivity contribution in [2.24, 2.45) is 0 Å². The van der Waals surface area contributed by atoms with Crippen molar-refractivity contribution in [1.29, 1.82) is 0 Å². The molecule has 7 heteroatoms. The minimum Gasteiger partial charge on any atom is -0.378 e. The van der Waals surface area contributed by atoms with Gasteiger partial charge in [-0.15, -0.1) is 5.10 Å². The maximum Gasteiger partial charge on any atom is 0.241 e. The average molecular weight is 360 g/mol. The molecule has 1 saturated carbocycles. The molecule has 1 aliphatic carbocycles. The Morgan fingerprint density at radius 3 is 3.00 bits per heavy atom. The summed E-state index contributed by atoms with van der Waals surface area (Å²) < 4.78 is 7.46. The van der Waals surface area contributed by atoms with E-state index >= 15 is 0 Å². The van der Waals surface area contributed by atoms with Gasteiger partial charge in [-0.3, -0.25) is 0 Å². The van der Waals surface area contributed by atoms with Crippen LogP contribution >= 0.6 is 0 Å². The van der Waals surface area contributed by atoms with Crippen LogP contribution in [0.1, 0.15) is 19.8 Å². The molecule has 1 aliphatic rings. The zero-order valence-electron chi connectivity index (χ0n) is 15.0. The zero-order chi connectivity index (χ0) is 18.2. The van der Waals surface area contributed by atoms with Crippen molar-refractivity contribution in [1.82, 2.24) is 24.6 Å². The Morgan fingerprint density at radius 2 is 2.11 bits per heavy atom. The number of nitrogens with zero attached hydrogens (tertiary/aromatic N) is 5. The first-order chi connectivity index (χ1) is 13.3. The summed E-state index contributed by atoms with van der Waals surface area (Å²) in [6.45, 7) is 2.80. The van der Waals surface area contributed by atoms with Gasteiger partial charge in [-0.25, -0.2) is 19.5 Å². The number of hydrogen-bond acceptors (Lipinski definition) is 6. The van der Waals surface area contributed by atoms with Crippen LogP contribution < -0.4 is 5.32 Å². The summed E-state index contributed by atoms with van der Waals surface area (Å²) in [4.78, 5) is 13.2. The highest BCUT2D eigenvalue weighted by Crippen LogP contribution is 2.28. The fourth-order valence-corrected chi connectivity index (χ4v) is 3.56. The third-order valence-electron chi connectivity index (χ3n) is 5.01. The Kier molecular flexibility index (Phi) is 3.94. The molecule has 1 fully saturated rings. The first-order valence-corrected chi connectivity index (χ1v) is 9.24. The largest absolute Gasteiger partial charge is 0.378 e. The van der Waals surface area contributed by atoms with E-state index in [0.717, 1.165) is 47.1 Å². The molecule has 27 heavy (non-hydrogen) atoms. The molecule has 4 heterocycles. The van der Waals surface area contributed by atoms with Crippen LogP contribution in [0.2, 0.25) is 0 Å². The quantitative estimate of drug-likeness (QED) is 0.588. The van der Waals surface area contributed by atoms with Gasteiger partial charge in [0, 0.05) is 47.8 Å². The highest BCUT2D eigenvalue weighted by molar-refractivity contribution is 5.86. The molecule has 0 aromatic carbocycles. The summed E-state index contributed by atoms with van der Waals surface area (Å²) in [5.41, 5.74) is 3.78. The van der Waals surface area contributed by atoms with Crippen LogP contribution in [-0.4, -0.2) is 43.3 Å². The fraction of sp³-hybridized carbons (Fsp3) is 0.300. The predicted octanol–water partition coefficient (Wildman–Crippen LogP) is 3.32. The third kappa shape index (κ3) is 3.00. The number of pyridine rings is 2. The van der Waals surface area contributed by atoms with Crippen LogP contribution in [0.5, 0.6) is 0 Å². The Balaban J connectivity index is 1.40. The van der Waals surface area contributed by atoms with Crippen LogP contribution in [0.4, 0.5) is 5.95 Å². The molecule has 5 rings (SSSR count). The second kappa shape index (κ2) is 6.59. The maximum atomic E-state index is 5.60. The van der Waals surface area contributed by atoms with Crippen LogP contribution in [0.3, 0.4) is 0 Å². The predicted molar refractivity (Wildman–Crippen MR) is 104 cm³/mol. The highest BCUT2D eigenvalue weighted by Gasteiger charge is 2.30. The topological polar surface area (TPSA) is 77.2 Å². The van der Waals surface area contributed by atoms with E-state index in [2.05, 4.69) is 31.4 Å². The summed E-state index contributed by atoms with van der Waals surface area (Å²) >= 11 is 0. The number of rotatable bonds is 5. The Morgan fingerprint density at radius 1 is 1.19 bits per heavy atom. The van der Waals surface area contributed by atoms with Gasteiger partial charge in [-0.1, -0.05) is 0 Å². The van der Waals surface area contributed by atoms with Crippen LogP contribution in [0, 0.1) is 0 Å². The lowest BCUT2D eigenvalue weighted by molar-refractivity contribution is 0.00283. The molecule has 0 amide bonds. The molecule has 0 bridgehead atoms. The van der Waals surface area contributed by atoms with Gasteiger partial charge < -0.3 is 10.1 Å². The molecule has 1 N–H and O–H groups in total. The van der Waals surface area contributed by atoms with Crippen molar-refractivity contribution in [3.05, 3.63) is 49.1 Å². The monoisotopic (exact) mass is 360 g/mol. The number of fused-ring (bicyclic) bond motifs is 2. The lowest BCUT2D eigenvalue weighted by Gasteiger charge is -2.35. The molecular weight excluding hydrogens is 340 g/mol. The number of nitrogens with one attached hydrogen (secondary N) is 1. The number of hydrogen-bond donors (Lipinski definition) is 1. The van der Waals surface area contributed by atoms with Gasteiger partial charge in [0.2, 0.25) is 5.95 Å². The average Bonchev–Trinajstić information content (AvgIpc) is 3.09. The Bertz CT molecular complexity index is 1100. The van der Waals surface area contributed by atoms with Crippen LogP contribution in [-0.2, 0) is 4.74 Å². The van der Waals surface area contributed by atoms with E-state index in [9.17, 15) is 0 Å². The molecular formula is C20H20N6O. The summed E-state index contributed by atoms with van der Waals surface area (Å²) in [5, 5.41) is 9.00. The first kappa shape index (κ1) is 16.1. The minimum atomic E-state index is 0.365. The molecule has 0 radical (unpaired) electrons. The van der Waals surface area contributed by atoms with Gasteiger partial charge in [0.15, 0.2) is 5.65 Å². The molecule has 0 atom stereocenters. The van der Waals surface area contributed by atoms with Gasteiger partial charge >= 0.3 is 0 Å². The maximum absolute atomic E-state index is 5.60. The summed E-state index contributed by atoms with van der Waals surface area (Å²) in [6, 6.07) is 8.46. The van der Waals surface area contributed by atoms with Crippen molar-refractivity contribution in [2.75, 3.05) is 11.9 Å². The van der Waals surface area contributed by atoms with Crippen LogP contribution in [0.25, 0.3) is 27.7 Å². The van der Waals surface area contributed by atoms with Crippen molar-refractivity contribution < 1.29 is 4.74 Å². The zero-order valence-corrected chi connectivity index (χ0v) is 15.0. The van der Waals surface area contributed by atoms with Gasteiger partial charge in [0.1, 0.15) is 0 Å². The smallest absolute Gasteiger partial charge is 0.241 e. The SMILES string of the molecule is CCO[C@H]1C[C@@H](Nc2ncc3c(-c4cnc5ncccc5c4)ccn3n2)C1. The van der Waals surface area contributed by atoms with Gasteiger partial charge in [0.05, 0.1) is 17.8 Å². The number of anilines is 1. The minimum absolute atomic E-state index is 0.365. The van der Waals surface area contributed by atoms with E-state index in [1.54, 1.807) is 6.20 Å². The van der Waals surface area contributed by atoms with Gasteiger partial charge in [-0.05, 0) is 44.0 Å². The van der Waals surface area contributed by atoms with E-state index in [-0.39, 0.29) is 0 Å². The Labute approximate surface area is 156 Å². The molecule has 0 spiro atoms. The standard InChI is InChI=1S/C20H20N6O/c1-2-27-16-9-15(10-16)24-20-23-12-18-17(5-7-26(18)25-20)14-8-13-4-3-6-21-19(13)22-11-14/h3-8,11-12,15-16H,2,9-10H2,1H3,(H,24,25)/t15-,16+. The van der Waals surface area contributed by atoms with Crippen molar-refractivity contribution in [3.63, 3.8) is 0 Å². The van der Waals surface area contributed by atoms with E-state index in [0.29, 0.717) is 18.1 Å². The van der Waals surface area contributed by atoms with Gasteiger partial charge in [0.25, 0.3) is 0 Å². The van der Waals surface area contributed by atoms with Gasteiger partial charge in [-0.2, -0.15) is 0 Å².